The fourth-order valence-corrected chi connectivity index (χ4v) is 14.8. The van der Waals surface area contributed by atoms with Crippen LogP contribution >= 0.6 is 75.8 Å². The highest BCUT2D eigenvalue weighted by Gasteiger charge is 2.53. The number of nitrogens with two attached hydrogens (primary N) is 2. The number of halogens is 3. The van der Waals surface area contributed by atoms with Gasteiger partial charge in [0.15, 0.2) is 35.4 Å². The SMILES string of the molecule is Nc1nc(Cl)nc2c1ncn2[C@@H]1O[C@H](COP(=O)(S)OP(=O)(O)C(Cl)P(=O)(O)OP(O)(=S)OC[C@H]2O[C@@H](n3cnc4c(N)nc(Cl)nc43)[C@H](O)[C@@H]2O)[C@@H](O)[C@H]1O. The fourth-order valence-electron chi connectivity index (χ4n) is 5.33. The number of anilines is 2. The van der Waals surface area contributed by atoms with Crippen molar-refractivity contribution >= 4 is 122 Å². The van der Waals surface area contributed by atoms with Gasteiger partial charge in [-0.2, -0.15) is 19.9 Å². The Morgan fingerprint density at radius 3 is 1.62 bits per heavy atom. The number of aliphatic hydroxyl groups is 4. The zero-order chi connectivity index (χ0) is 41.3. The van der Waals surface area contributed by atoms with E-state index in [0.717, 1.165) is 21.8 Å². The predicted molar refractivity (Wildman–Crippen MR) is 198 cm³/mol. The lowest BCUT2D eigenvalue weighted by Gasteiger charge is -2.26. The number of ether oxygens (including phenoxy) is 2. The molecule has 0 saturated carbocycles. The first-order valence-corrected chi connectivity index (χ1v) is 24.7. The summed E-state index contributed by atoms with van der Waals surface area (Å²) in [4.78, 5) is 51.8. The van der Waals surface area contributed by atoms with Crippen molar-refractivity contribution in [2.45, 2.75) is 53.9 Å². The van der Waals surface area contributed by atoms with Crippen LogP contribution < -0.4 is 11.5 Å². The van der Waals surface area contributed by atoms with E-state index in [2.05, 4.69) is 50.8 Å². The zero-order valence-electron chi connectivity index (χ0n) is 27.1. The summed E-state index contributed by atoms with van der Waals surface area (Å²) in [6.45, 7) is -11.8. The second-order valence-corrected chi connectivity index (χ2v) is 23.6. The molecule has 56 heavy (non-hydrogen) atoms. The summed E-state index contributed by atoms with van der Waals surface area (Å²) in [5.41, 5.74) is 11.8. The van der Waals surface area contributed by atoms with Crippen molar-refractivity contribution in [1.82, 2.24) is 39.0 Å². The van der Waals surface area contributed by atoms with Gasteiger partial charge in [0.05, 0.1) is 25.9 Å². The molecule has 0 amide bonds. The van der Waals surface area contributed by atoms with Gasteiger partial charge in [0.1, 0.15) is 47.7 Å². The van der Waals surface area contributed by atoms with Gasteiger partial charge in [-0.3, -0.25) is 22.8 Å². The van der Waals surface area contributed by atoms with E-state index in [-0.39, 0.29) is 44.5 Å². The van der Waals surface area contributed by atoms with Crippen molar-refractivity contribution in [3.8, 4) is 0 Å². The Kier molecular flexibility index (Phi) is 12.9. The van der Waals surface area contributed by atoms with Crippen LogP contribution in [0.4, 0.5) is 11.6 Å². The van der Waals surface area contributed by atoms with E-state index in [0.29, 0.717) is 0 Å². The Labute approximate surface area is 337 Å². The van der Waals surface area contributed by atoms with Crippen molar-refractivity contribution < 1.29 is 75.9 Å². The Hall–Kier alpha value is -1.26. The number of nitrogens with zero attached hydrogens (tertiary/aromatic N) is 8. The normalized spacial score (nSPS) is 30.6. The van der Waals surface area contributed by atoms with E-state index < -0.39 is 95.9 Å². The van der Waals surface area contributed by atoms with E-state index >= 15 is 0 Å². The molecule has 2 aliphatic heterocycles. The van der Waals surface area contributed by atoms with Gasteiger partial charge in [-0.05, 0) is 35.0 Å². The highest BCUT2D eigenvalue weighted by molar-refractivity contribution is 8.45. The largest absolute Gasteiger partial charge is 0.393 e. The van der Waals surface area contributed by atoms with Gasteiger partial charge in [0.25, 0.3) is 0 Å². The molecule has 0 spiro atoms. The van der Waals surface area contributed by atoms with Crippen LogP contribution in [0.5, 0.6) is 0 Å². The summed E-state index contributed by atoms with van der Waals surface area (Å²) in [5.74, 6) is -0.194. The summed E-state index contributed by atoms with van der Waals surface area (Å²) in [7, 11) is -11.5. The monoisotopic (exact) mass is 968 g/mol. The second kappa shape index (κ2) is 16.3. The minimum atomic E-state index is -5.78. The molecule has 0 radical (unpaired) electrons. The Morgan fingerprint density at radius 2 is 1.18 bits per heavy atom. The highest BCUT2D eigenvalue weighted by Crippen LogP contribution is 2.77. The molecule has 2 fully saturated rings. The van der Waals surface area contributed by atoms with Gasteiger partial charge in [0, 0.05) is 0 Å². The van der Waals surface area contributed by atoms with Crippen LogP contribution in [0, 0.1) is 0 Å². The van der Waals surface area contributed by atoms with Crippen LogP contribution in [0.25, 0.3) is 22.3 Å². The molecule has 0 aliphatic carbocycles. The third-order valence-corrected chi connectivity index (χ3v) is 18.9. The molecular formula is C21H27Cl3N10O16P4S2. The molecule has 13 atom stereocenters. The van der Waals surface area contributed by atoms with Crippen molar-refractivity contribution in [2.75, 3.05) is 24.7 Å². The Balaban J connectivity index is 1.04. The number of fused-ring (bicyclic) bond motifs is 2. The molecular weight excluding hydrogens is 943 g/mol. The predicted octanol–water partition coefficient (Wildman–Crippen LogP) is 0.590. The molecule has 35 heteroatoms. The maximum Gasteiger partial charge on any atom is 0.393 e. The third-order valence-electron chi connectivity index (χ3n) is 7.85. The van der Waals surface area contributed by atoms with E-state index in [1.807, 2.05) is 0 Å². The lowest BCUT2D eigenvalue weighted by atomic mass is 10.1. The minimum absolute atomic E-state index is 0.0111. The number of imidazole rings is 2. The molecule has 6 heterocycles. The first kappa shape index (κ1) is 44.3. The number of hydrogen-bond donors (Lipinski definition) is 10. The molecule has 2 aliphatic rings. The average Bonchev–Trinajstić information content (AvgIpc) is 3.83. The average molecular weight is 970 g/mol. The number of rotatable bonds is 14. The highest BCUT2D eigenvalue weighted by atomic mass is 35.5. The summed E-state index contributed by atoms with van der Waals surface area (Å²) in [5, 5.41) is 41.9. The van der Waals surface area contributed by atoms with Gasteiger partial charge in [-0.15, -0.1) is 0 Å². The van der Waals surface area contributed by atoms with Crippen molar-refractivity contribution in [3.63, 3.8) is 0 Å². The van der Waals surface area contributed by atoms with Crippen LogP contribution in [-0.4, -0.2) is 129 Å². The molecule has 26 nitrogen and oxygen atoms in total. The molecule has 5 unspecified atom stereocenters. The molecule has 0 aromatic carbocycles. The summed E-state index contributed by atoms with van der Waals surface area (Å²) >= 11 is 25.8. The molecule has 0 bridgehead atoms. The van der Waals surface area contributed by atoms with Gasteiger partial charge >= 0.3 is 28.7 Å². The maximum absolute atomic E-state index is 13.0. The van der Waals surface area contributed by atoms with E-state index in [1.165, 1.54) is 0 Å². The maximum atomic E-state index is 13.0. The Bertz CT molecular complexity index is 2200. The van der Waals surface area contributed by atoms with Crippen LogP contribution in [0.3, 0.4) is 0 Å². The van der Waals surface area contributed by atoms with Crippen molar-refractivity contribution in [1.29, 1.82) is 0 Å². The number of aromatic nitrogens is 8. The first-order valence-electron chi connectivity index (χ1n) is 14.9. The smallest absolute Gasteiger partial charge is 0.387 e. The van der Waals surface area contributed by atoms with E-state index in [1.54, 1.807) is 0 Å². The van der Waals surface area contributed by atoms with Crippen LogP contribution in [0.15, 0.2) is 12.7 Å². The lowest BCUT2D eigenvalue weighted by Crippen LogP contribution is -2.33. The molecule has 310 valence electrons. The molecule has 11 N–H and O–H groups in total. The minimum Gasteiger partial charge on any atom is -0.387 e. The number of hydrogen-bond acceptors (Lipinski definition) is 22. The molecule has 4 aromatic heterocycles. The Morgan fingerprint density at radius 1 is 0.768 bits per heavy atom. The van der Waals surface area contributed by atoms with Gasteiger partial charge in [0.2, 0.25) is 15.4 Å². The summed E-state index contributed by atoms with van der Waals surface area (Å²) in [6.07, 6.45) is -10.3. The van der Waals surface area contributed by atoms with Gasteiger partial charge in [-0.1, -0.05) is 23.8 Å². The number of nitrogen functional groups attached to an aromatic ring is 2. The third kappa shape index (κ3) is 9.07. The number of aliphatic hydroxyl groups excluding tert-OH is 4. The summed E-state index contributed by atoms with van der Waals surface area (Å²) < 4.78 is 71.4. The van der Waals surface area contributed by atoms with Crippen LogP contribution in [0.2, 0.25) is 10.6 Å². The quantitative estimate of drug-likeness (QED) is 0.0358. The van der Waals surface area contributed by atoms with Crippen molar-refractivity contribution in [3.05, 3.63) is 23.2 Å². The zero-order valence-corrected chi connectivity index (χ0v) is 34.6. The van der Waals surface area contributed by atoms with Crippen molar-refractivity contribution in [2.24, 2.45) is 0 Å². The fraction of sp³-hybridized carbons (Fsp3) is 0.524. The van der Waals surface area contributed by atoms with Crippen LogP contribution in [0.1, 0.15) is 12.5 Å². The first-order chi connectivity index (χ1) is 25.9. The topological polar surface area (TPSA) is 387 Å². The van der Waals surface area contributed by atoms with Gasteiger partial charge < -0.3 is 60.6 Å². The van der Waals surface area contributed by atoms with E-state index in [4.69, 9.17) is 76.6 Å². The number of alkyl halides is 1. The standard InChI is InChI=1S/C21H27Cl3N10O16P4S2/c22-19-29-13(25)7-15(31-19)33(3-27-7)17-11(37)9(35)5(47-17)1-45-53(43,55)49-51(39,40)21(24)52(41,42)50-54(44,56)46-2-6-10(36)12(38)18(48-6)34-4-28-8-14(26)30-20(23)32-16(8)34/h3-6,9-12,17-18,21,35-38H,1-2H2,(H,39,40)(H,41,42)(H,43,55)(H,44,56)(H2,25,29,31)(H2,26,30,32)/t5-,6-,9-,10-,11-,12-,17-,18-,21?,53?,54?/m1/s1. The molecule has 6 rings (SSSR count). The second-order valence-electron chi connectivity index (χ2n) is 11.6. The molecule has 2 saturated heterocycles. The number of thiol groups is 1. The van der Waals surface area contributed by atoms with Crippen LogP contribution in [-0.2, 0) is 52.6 Å². The van der Waals surface area contributed by atoms with Gasteiger partial charge in [-0.25, -0.2) is 23.2 Å². The lowest BCUT2D eigenvalue weighted by molar-refractivity contribution is -0.0485. The summed E-state index contributed by atoms with van der Waals surface area (Å²) in [6, 6.07) is 0. The van der Waals surface area contributed by atoms with E-state index in [9.17, 15) is 48.8 Å². The molecule has 4 aromatic rings.